The van der Waals surface area contributed by atoms with E-state index in [1.807, 2.05) is 14.0 Å². The van der Waals surface area contributed by atoms with Crippen molar-refractivity contribution in [3.05, 3.63) is 23.8 Å². The van der Waals surface area contributed by atoms with E-state index in [9.17, 15) is 15.0 Å². The van der Waals surface area contributed by atoms with Crippen molar-refractivity contribution in [3.8, 4) is 11.5 Å². The van der Waals surface area contributed by atoms with Crippen molar-refractivity contribution < 1.29 is 15.0 Å². The first-order valence-corrected chi connectivity index (χ1v) is 5.50. The molecule has 0 aliphatic rings. The highest BCUT2D eigenvalue weighted by atomic mass is 16.3. The van der Waals surface area contributed by atoms with Crippen LogP contribution < -0.4 is 10.6 Å². The summed E-state index contributed by atoms with van der Waals surface area (Å²) in [7, 11) is 1.84. The monoisotopic (exact) mass is 238 g/mol. The third-order valence-corrected chi connectivity index (χ3v) is 2.41. The smallest absolute Gasteiger partial charge is 0.258 e. The van der Waals surface area contributed by atoms with Crippen molar-refractivity contribution in [2.75, 3.05) is 20.1 Å². The Bertz CT molecular complexity index is 373. The fraction of sp³-hybridized carbons (Fsp3) is 0.417. The van der Waals surface area contributed by atoms with Crippen molar-refractivity contribution in [2.45, 2.75) is 6.92 Å². The fourth-order valence-electron chi connectivity index (χ4n) is 1.54. The molecule has 94 valence electrons. The van der Waals surface area contributed by atoms with Gasteiger partial charge in [-0.3, -0.25) is 4.79 Å². The molecule has 17 heavy (non-hydrogen) atoms. The molecule has 0 saturated heterocycles. The number of nitrogens with one attached hydrogen (secondary N) is 2. The van der Waals surface area contributed by atoms with Gasteiger partial charge in [0.2, 0.25) is 0 Å². The molecule has 5 nitrogen and oxygen atoms in total. The molecule has 1 aromatic carbocycles. The first-order chi connectivity index (χ1) is 8.06. The summed E-state index contributed by atoms with van der Waals surface area (Å²) in [5, 5.41) is 24.7. The van der Waals surface area contributed by atoms with Crippen LogP contribution in [0.1, 0.15) is 17.3 Å². The molecule has 5 heteroatoms. The SMILES string of the molecule is CNCC(C)CNC(=O)c1c(O)cccc1O. The Morgan fingerprint density at radius 2 is 1.88 bits per heavy atom. The highest BCUT2D eigenvalue weighted by Gasteiger charge is 2.16. The highest BCUT2D eigenvalue weighted by molar-refractivity contribution is 5.99. The van der Waals surface area contributed by atoms with E-state index >= 15 is 0 Å². The molecule has 0 saturated carbocycles. The molecular formula is C12H18N2O3. The van der Waals surface area contributed by atoms with Gasteiger partial charge >= 0.3 is 0 Å². The van der Waals surface area contributed by atoms with E-state index < -0.39 is 5.91 Å². The normalized spacial score (nSPS) is 12.1. The topological polar surface area (TPSA) is 81.6 Å². The third kappa shape index (κ3) is 3.64. The second-order valence-electron chi connectivity index (χ2n) is 4.04. The van der Waals surface area contributed by atoms with Crippen LogP contribution in [0.4, 0.5) is 0 Å². The van der Waals surface area contributed by atoms with Gasteiger partial charge in [-0.1, -0.05) is 13.0 Å². The quantitative estimate of drug-likeness (QED) is 0.608. The maximum Gasteiger partial charge on any atom is 0.258 e. The summed E-state index contributed by atoms with van der Waals surface area (Å²) in [6.45, 7) is 3.25. The van der Waals surface area contributed by atoms with Crippen molar-refractivity contribution in [1.29, 1.82) is 0 Å². The van der Waals surface area contributed by atoms with Gasteiger partial charge < -0.3 is 20.8 Å². The van der Waals surface area contributed by atoms with Crippen LogP contribution in [0.2, 0.25) is 0 Å². The van der Waals surface area contributed by atoms with E-state index in [1.54, 1.807) is 0 Å². The zero-order valence-electron chi connectivity index (χ0n) is 10.0. The van der Waals surface area contributed by atoms with Crippen molar-refractivity contribution in [1.82, 2.24) is 10.6 Å². The summed E-state index contributed by atoms with van der Waals surface area (Å²) in [4.78, 5) is 11.7. The fourth-order valence-corrected chi connectivity index (χ4v) is 1.54. The summed E-state index contributed by atoms with van der Waals surface area (Å²) in [5.74, 6) is -0.631. The molecule has 1 amide bonds. The van der Waals surface area contributed by atoms with E-state index in [1.165, 1.54) is 18.2 Å². The lowest BCUT2D eigenvalue weighted by atomic mass is 10.1. The van der Waals surface area contributed by atoms with Crippen LogP contribution in [0.5, 0.6) is 11.5 Å². The number of phenolic OH excluding ortho intramolecular Hbond substituents is 2. The average molecular weight is 238 g/mol. The number of hydrogen-bond donors (Lipinski definition) is 4. The molecule has 1 atom stereocenters. The van der Waals surface area contributed by atoms with E-state index in [2.05, 4.69) is 10.6 Å². The molecule has 0 spiro atoms. The second kappa shape index (κ2) is 6.10. The number of carbonyl (C=O) groups excluding carboxylic acids is 1. The molecule has 1 aromatic rings. The Morgan fingerprint density at radius 3 is 2.41 bits per heavy atom. The molecule has 0 aliphatic heterocycles. The van der Waals surface area contributed by atoms with Crippen LogP contribution in [0.3, 0.4) is 0 Å². The standard InChI is InChI=1S/C12H18N2O3/c1-8(6-13-2)7-14-12(17)11-9(15)4-3-5-10(11)16/h3-5,8,13,15-16H,6-7H2,1-2H3,(H,14,17). The number of aromatic hydroxyl groups is 2. The molecule has 4 N–H and O–H groups in total. The van der Waals surface area contributed by atoms with Gasteiger partial charge in [0, 0.05) is 6.54 Å². The summed E-state index contributed by atoms with van der Waals surface area (Å²) in [6, 6.07) is 4.21. The molecule has 0 aliphatic carbocycles. The molecule has 1 unspecified atom stereocenters. The summed E-state index contributed by atoms with van der Waals surface area (Å²) in [5.41, 5.74) is -0.0795. The number of rotatable bonds is 5. The van der Waals surface area contributed by atoms with E-state index in [-0.39, 0.29) is 23.0 Å². The van der Waals surface area contributed by atoms with Gasteiger partial charge in [0.1, 0.15) is 17.1 Å². The van der Waals surface area contributed by atoms with Crippen molar-refractivity contribution >= 4 is 5.91 Å². The minimum Gasteiger partial charge on any atom is -0.507 e. The maximum atomic E-state index is 11.7. The molecule has 0 fully saturated rings. The number of amides is 1. The number of benzene rings is 1. The minimum atomic E-state index is -0.469. The Kier molecular flexibility index (Phi) is 4.78. The average Bonchev–Trinajstić information content (AvgIpc) is 2.26. The molecule has 0 bridgehead atoms. The Morgan fingerprint density at radius 1 is 1.29 bits per heavy atom. The third-order valence-electron chi connectivity index (χ3n) is 2.41. The van der Waals surface area contributed by atoms with Crippen molar-refractivity contribution in [2.24, 2.45) is 5.92 Å². The number of hydrogen-bond acceptors (Lipinski definition) is 4. The molecule has 1 rings (SSSR count). The van der Waals surface area contributed by atoms with Crippen LogP contribution in [-0.4, -0.2) is 36.3 Å². The van der Waals surface area contributed by atoms with Crippen LogP contribution in [-0.2, 0) is 0 Å². The van der Waals surface area contributed by atoms with E-state index in [0.29, 0.717) is 6.54 Å². The second-order valence-corrected chi connectivity index (χ2v) is 4.04. The lowest BCUT2D eigenvalue weighted by Gasteiger charge is -2.13. The predicted octanol–water partition coefficient (Wildman–Crippen LogP) is 0.683. The van der Waals surface area contributed by atoms with Gasteiger partial charge in [0.15, 0.2) is 0 Å². The minimum absolute atomic E-state index is 0.0795. The van der Waals surface area contributed by atoms with Gasteiger partial charge in [-0.15, -0.1) is 0 Å². The van der Waals surface area contributed by atoms with Gasteiger partial charge in [0.25, 0.3) is 5.91 Å². The molecule has 0 radical (unpaired) electrons. The Hall–Kier alpha value is -1.75. The van der Waals surface area contributed by atoms with Crippen LogP contribution in [0.15, 0.2) is 18.2 Å². The van der Waals surface area contributed by atoms with Crippen LogP contribution in [0, 0.1) is 5.92 Å². The molecule has 0 aromatic heterocycles. The van der Waals surface area contributed by atoms with Crippen LogP contribution >= 0.6 is 0 Å². The number of carbonyl (C=O) groups is 1. The van der Waals surface area contributed by atoms with Gasteiger partial charge in [-0.25, -0.2) is 0 Å². The van der Waals surface area contributed by atoms with Crippen molar-refractivity contribution in [3.63, 3.8) is 0 Å². The molecule has 0 heterocycles. The summed E-state index contributed by atoms with van der Waals surface area (Å²) >= 11 is 0. The van der Waals surface area contributed by atoms with Gasteiger partial charge in [-0.05, 0) is 31.6 Å². The first-order valence-electron chi connectivity index (χ1n) is 5.50. The lowest BCUT2D eigenvalue weighted by Crippen LogP contribution is -2.32. The predicted molar refractivity (Wildman–Crippen MR) is 65.2 cm³/mol. The summed E-state index contributed by atoms with van der Waals surface area (Å²) in [6.07, 6.45) is 0. The molecular weight excluding hydrogens is 220 g/mol. The van der Waals surface area contributed by atoms with Gasteiger partial charge in [0.05, 0.1) is 0 Å². The highest BCUT2D eigenvalue weighted by Crippen LogP contribution is 2.25. The van der Waals surface area contributed by atoms with Gasteiger partial charge in [-0.2, -0.15) is 0 Å². The number of phenols is 2. The zero-order valence-corrected chi connectivity index (χ0v) is 10.0. The maximum absolute atomic E-state index is 11.7. The lowest BCUT2D eigenvalue weighted by molar-refractivity contribution is 0.0942. The van der Waals surface area contributed by atoms with E-state index in [0.717, 1.165) is 6.54 Å². The Balaban J connectivity index is 2.64. The Labute approximate surface area is 100 Å². The van der Waals surface area contributed by atoms with Crippen LogP contribution in [0.25, 0.3) is 0 Å². The largest absolute Gasteiger partial charge is 0.507 e. The van der Waals surface area contributed by atoms with E-state index in [4.69, 9.17) is 0 Å². The first kappa shape index (κ1) is 13.3. The zero-order chi connectivity index (χ0) is 12.8. The summed E-state index contributed by atoms with van der Waals surface area (Å²) < 4.78 is 0.